The Bertz CT molecular complexity index is 621. The molecule has 2 aromatic rings. The van der Waals surface area contributed by atoms with Gasteiger partial charge in [0.15, 0.2) is 0 Å². The molecule has 1 aromatic carbocycles. The monoisotopic (exact) mass is 268 g/mol. The molecule has 0 spiro atoms. The lowest BCUT2D eigenvalue weighted by atomic mass is 10.1. The minimum absolute atomic E-state index is 0.118. The largest absolute Gasteiger partial charge is 0.469 e. The summed E-state index contributed by atoms with van der Waals surface area (Å²) in [6.45, 7) is 0.838. The number of benzene rings is 1. The zero-order chi connectivity index (χ0) is 14.2. The van der Waals surface area contributed by atoms with E-state index in [-0.39, 0.29) is 5.91 Å². The van der Waals surface area contributed by atoms with E-state index in [1.165, 1.54) is 0 Å². The van der Waals surface area contributed by atoms with Crippen molar-refractivity contribution in [1.82, 2.24) is 5.32 Å². The predicted molar refractivity (Wildman–Crippen MR) is 77.1 cm³/mol. The van der Waals surface area contributed by atoms with Crippen LogP contribution in [0.1, 0.15) is 21.7 Å². The highest BCUT2D eigenvalue weighted by Crippen LogP contribution is 2.04. The molecule has 20 heavy (non-hydrogen) atoms. The Morgan fingerprint density at radius 1 is 1.30 bits per heavy atom. The van der Waals surface area contributed by atoms with Crippen LogP contribution in [0.25, 0.3) is 0 Å². The molecule has 0 unspecified atom stereocenters. The van der Waals surface area contributed by atoms with Crippen LogP contribution in [0, 0.1) is 11.8 Å². The van der Waals surface area contributed by atoms with Gasteiger partial charge in [-0.1, -0.05) is 17.9 Å². The predicted octanol–water partition coefficient (Wildman–Crippen LogP) is 1.56. The van der Waals surface area contributed by atoms with Gasteiger partial charge in [-0.2, -0.15) is 0 Å². The second kappa shape index (κ2) is 7.17. The number of carbonyl (C=O) groups is 1. The second-order valence-electron chi connectivity index (χ2n) is 4.17. The molecule has 0 radical (unpaired) electrons. The Labute approximate surface area is 118 Å². The van der Waals surface area contributed by atoms with Gasteiger partial charge in [0.25, 0.3) is 5.91 Å². The first-order valence-electron chi connectivity index (χ1n) is 6.39. The summed E-state index contributed by atoms with van der Waals surface area (Å²) in [6.07, 6.45) is 2.29. The van der Waals surface area contributed by atoms with Crippen molar-refractivity contribution in [2.24, 2.45) is 5.73 Å². The number of nitrogens with one attached hydrogen (secondary N) is 1. The van der Waals surface area contributed by atoms with Crippen LogP contribution in [-0.4, -0.2) is 19.0 Å². The van der Waals surface area contributed by atoms with Crippen molar-refractivity contribution < 1.29 is 9.21 Å². The van der Waals surface area contributed by atoms with E-state index >= 15 is 0 Å². The van der Waals surface area contributed by atoms with Gasteiger partial charge in [-0.25, -0.2) is 0 Å². The number of nitrogens with two attached hydrogens (primary N) is 1. The third-order valence-corrected chi connectivity index (χ3v) is 2.70. The smallest absolute Gasteiger partial charge is 0.251 e. The number of rotatable bonds is 4. The molecule has 1 heterocycles. The topological polar surface area (TPSA) is 68.3 Å². The van der Waals surface area contributed by atoms with Crippen molar-refractivity contribution in [3.05, 3.63) is 59.5 Å². The van der Waals surface area contributed by atoms with Crippen LogP contribution in [0.4, 0.5) is 0 Å². The molecule has 0 aliphatic rings. The number of carbonyl (C=O) groups excluding carboxylic acids is 1. The molecule has 0 atom stereocenters. The average Bonchev–Trinajstić information content (AvgIpc) is 2.98. The molecule has 1 aromatic heterocycles. The normalized spacial score (nSPS) is 9.65. The molecule has 2 rings (SSSR count). The summed E-state index contributed by atoms with van der Waals surface area (Å²) >= 11 is 0. The Morgan fingerprint density at radius 2 is 2.20 bits per heavy atom. The van der Waals surface area contributed by atoms with Crippen molar-refractivity contribution in [3.63, 3.8) is 0 Å². The Balaban J connectivity index is 1.91. The molecule has 0 saturated carbocycles. The maximum absolute atomic E-state index is 12.0. The molecule has 3 N–H and O–H groups in total. The molecule has 0 aliphatic carbocycles. The summed E-state index contributed by atoms with van der Waals surface area (Å²) < 4.78 is 5.20. The minimum atomic E-state index is -0.118. The molecular weight excluding hydrogens is 252 g/mol. The molecule has 102 valence electrons. The van der Waals surface area contributed by atoms with Gasteiger partial charge >= 0.3 is 0 Å². The number of hydrogen-bond acceptors (Lipinski definition) is 3. The van der Waals surface area contributed by atoms with Crippen LogP contribution in [0.2, 0.25) is 0 Å². The highest BCUT2D eigenvalue weighted by Gasteiger charge is 2.05. The lowest BCUT2D eigenvalue weighted by Gasteiger charge is -2.04. The van der Waals surface area contributed by atoms with E-state index in [0.29, 0.717) is 25.1 Å². The second-order valence-corrected chi connectivity index (χ2v) is 4.17. The fourth-order valence-electron chi connectivity index (χ4n) is 1.75. The summed E-state index contributed by atoms with van der Waals surface area (Å²) in [5.74, 6) is 6.41. The van der Waals surface area contributed by atoms with Crippen LogP contribution in [0.5, 0.6) is 0 Å². The number of amides is 1. The third kappa shape index (κ3) is 4.01. The number of hydrogen-bond donors (Lipinski definition) is 2. The van der Waals surface area contributed by atoms with Gasteiger partial charge in [0.1, 0.15) is 5.76 Å². The maximum Gasteiger partial charge on any atom is 0.251 e. The van der Waals surface area contributed by atoms with Crippen molar-refractivity contribution in [1.29, 1.82) is 0 Å². The summed E-state index contributed by atoms with van der Waals surface area (Å²) in [4.78, 5) is 12.0. The van der Waals surface area contributed by atoms with E-state index in [2.05, 4.69) is 17.2 Å². The summed E-state index contributed by atoms with van der Waals surface area (Å²) in [7, 11) is 0. The first-order chi connectivity index (χ1) is 9.79. The molecule has 0 bridgehead atoms. The van der Waals surface area contributed by atoms with Gasteiger partial charge in [-0.05, 0) is 30.3 Å². The van der Waals surface area contributed by atoms with Gasteiger partial charge in [-0.3, -0.25) is 4.79 Å². The molecule has 4 heteroatoms. The Morgan fingerprint density at radius 3 is 2.95 bits per heavy atom. The molecule has 0 saturated heterocycles. The van der Waals surface area contributed by atoms with Crippen molar-refractivity contribution in [2.45, 2.75) is 6.42 Å². The molecule has 4 nitrogen and oxygen atoms in total. The standard InChI is InChI=1S/C16H16N2O2/c17-9-2-5-13-4-1-6-14(12-13)16(19)18-10-8-15-7-3-11-20-15/h1,3-4,6-7,11-12H,8-10,17H2,(H,18,19). The molecular formula is C16H16N2O2. The SMILES string of the molecule is NCC#Cc1cccc(C(=O)NCCc2ccco2)c1. The number of furan rings is 1. The Hall–Kier alpha value is -2.51. The van der Waals surface area contributed by atoms with Gasteiger partial charge in [-0.15, -0.1) is 0 Å². The fourth-order valence-corrected chi connectivity index (χ4v) is 1.75. The Kier molecular flexibility index (Phi) is 4.99. The van der Waals surface area contributed by atoms with Crippen molar-refractivity contribution in [2.75, 3.05) is 13.1 Å². The van der Waals surface area contributed by atoms with Crippen LogP contribution >= 0.6 is 0 Å². The lowest BCUT2D eigenvalue weighted by Crippen LogP contribution is -2.25. The van der Waals surface area contributed by atoms with E-state index in [9.17, 15) is 4.79 Å². The molecule has 0 aliphatic heterocycles. The first-order valence-corrected chi connectivity index (χ1v) is 6.39. The van der Waals surface area contributed by atoms with Crippen molar-refractivity contribution in [3.8, 4) is 11.8 Å². The van der Waals surface area contributed by atoms with Crippen LogP contribution in [0.15, 0.2) is 47.1 Å². The maximum atomic E-state index is 12.0. The minimum Gasteiger partial charge on any atom is -0.469 e. The zero-order valence-electron chi connectivity index (χ0n) is 11.1. The summed E-state index contributed by atoms with van der Waals surface area (Å²) in [5.41, 5.74) is 6.70. The average molecular weight is 268 g/mol. The van der Waals surface area contributed by atoms with Crippen molar-refractivity contribution >= 4 is 5.91 Å². The molecule has 0 fully saturated rings. The lowest BCUT2D eigenvalue weighted by molar-refractivity contribution is 0.0953. The van der Waals surface area contributed by atoms with E-state index in [1.807, 2.05) is 24.3 Å². The summed E-state index contributed by atoms with van der Waals surface area (Å²) in [6, 6.07) is 10.9. The van der Waals surface area contributed by atoms with Crippen LogP contribution < -0.4 is 11.1 Å². The highest BCUT2D eigenvalue weighted by molar-refractivity contribution is 5.94. The van der Waals surface area contributed by atoms with Gasteiger partial charge in [0.05, 0.1) is 12.8 Å². The zero-order valence-corrected chi connectivity index (χ0v) is 11.1. The van der Waals surface area contributed by atoms with E-state index in [1.54, 1.807) is 18.4 Å². The van der Waals surface area contributed by atoms with Crippen LogP contribution in [0.3, 0.4) is 0 Å². The van der Waals surface area contributed by atoms with Gasteiger partial charge < -0.3 is 15.5 Å². The van der Waals surface area contributed by atoms with Gasteiger partial charge in [0, 0.05) is 24.1 Å². The van der Waals surface area contributed by atoms with E-state index in [0.717, 1.165) is 11.3 Å². The first kappa shape index (κ1) is 13.9. The fraction of sp³-hybridized carbons (Fsp3) is 0.188. The van der Waals surface area contributed by atoms with E-state index < -0.39 is 0 Å². The summed E-state index contributed by atoms with van der Waals surface area (Å²) in [5, 5.41) is 2.85. The third-order valence-electron chi connectivity index (χ3n) is 2.70. The molecule has 1 amide bonds. The van der Waals surface area contributed by atoms with Gasteiger partial charge in [0.2, 0.25) is 0 Å². The van der Waals surface area contributed by atoms with Crippen LogP contribution in [-0.2, 0) is 6.42 Å². The quantitative estimate of drug-likeness (QED) is 0.827. The highest BCUT2D eigenvalue weighted by atomic mass is 16.3. The van der Waals surface area contributed by atoms with E-state index in [4.69, 9.17) is 10.2 Å².